The lowest BCUT2D eigenvalue weighted by Gasteiger charge is -2.31. The third kappa shape index (κ3) is 4.85. The molecule has 170 valence electrons. The van der Waals surface area contributed by atoms with E-state index in [-0.39, 0.29) is 18.4 Å². The van der Waals surface area contributed by atoms with Crippen molar-refractivity contribution >= 4 is 28.9 Å². The Morgan fingerprint density at radius 1 is 0.970 bits per heavy atom. The average Bonchev–Trinajstić information content (AvgIpc) is 2.83. The number of para-hydroxylation sites is 2. The molecule has 1 aliphatic heterocycles. The fraction of sp³-hybridized carbons (Fsp3) is 0.200. The summed E-state index contributed by atoms with van der Waals surface area (Å²) in [6.07, 6.45) is 0. The Hall–Kier alpha value is -4.20. The van der Waals surface area contributed by atoms with Crippen molar-refractivity contribution in [2.75, 3.05) is 36.3 Å². The molecule has 33 heavy (non-hydrogen) atoms. The zero-order valence-electron chi connectivity index (χ0n) is 18.6. The van der Waals surface area contributed by atoms with Crippen LogP contribution in [0.3, 0.4) is 0 Å². The van der Waals surface area contributed by atoms with E-state index in [0.29, 0.717) is 34.3 Å². The minimum Gasteiger partial charge on any atom is -0.497 e. The number of hydrogen-bond donors (Lipinski definition) is 2. The van der Waals surface area contributed by atoms with Gasteiger partial charge in [-0.25, -0.2) is 0 Å². The molecule has 1 aliphatic rings. The largest absolute Gasteiger partial charge is 0.497 e. The lowest BCUT2D eigenvalue weighted by molar-refractivity contribution is -0.122. The van der Waals surface area contributed by atoms with Gasteiger partial charge in [0, 0.05) is 11.8 Å². The van der Waals surface area contributed by atoms with Crippen molar-refractivity contribution in [3.63, 3.8) is 0 Å². The van der Waals surface area contributed by atoms with Crippen LogP contribution in [0.5, 0.6) is 23.0 Å². The van der Waals surface area contributed by atoms with Gasteiger partial charge in [-0.15, -0.1) is 0 Å². The Bertz CT molecular complexity index is 1160. The van der Waals surface area contributed by atoms with Crippen molar-refractivity contribution in [3.05, 3.63) is 66.7 Å². The van der Waals surface area contributed by atoms with E-state index in [4.69, 9.17) is 14.2 Å². The number of methoxy groups -OCH3 is 2. The van der Waals surface area contributed by atoms with Crippen LogP contribution in [0.4, 0.5) is 17.1 Å². The van der Waals surface area contributed by atoms with Crippen molar-refractivity contribution in [2.24, 2.45) is 0 Å². The van der Waals surface area contributed by atoms with Crippen molar-refractivity contribution in [2.45, 2.75) is 13.0 Å². The van der Waals surface area contributed by atoms with Crippen LogP contribution in [0.2, 0.25) is 0 Å². The smallest absolute Gasteiger partial charge is 0.249 e. The molecule has 0 aromatic heterocycles. The summed E-state index contributed by atoms with van der Waals surface area (Å²) in [5, 5.41) is 5.99. The lowest BCUT2D eigenvalue weighted by Crippen LogP contribution is -2.47. The second kappa shape index (κ2) is 9.52. The molecule has 2 N–H and O–H groups in total. The quantitative estimate of drug-likeness (QED) is 0.562. The highest BCUT2D eigenvalue weighted by molar-refractivity contribution is 6.11. The summed E-state index contributed by atoms with van der Waals surface area (Å²) in [6.45, 7) is 1.72. The first-order valence-corrected chi connectivity index (χ1v) is 10.4. The molecule has 3 aromatic rings. The van der Waals surface area contributed by atoms with Gasteiger partial charge in [-0.3, -0.25) is 14.5 Å². The molecule has 0 saturated carbocycles. The fourth-order valence-corrected chi connectivity index (χ4v) is 3.59. The second-order valence-electron chi connectivity index (χ2n) is 7.50. The molecule has 0 bridgehead atoms. The first-order valence-electron chi connectivity index (χ1n) is 10.4. The number of rotatable bonds is 7. The van der Waals surface area contributed by atoms with E-state index in [1.165, 1.54) is 4.90 Å². The number of nitrogens with zero attached hydrogens (tertiary/aromatic N) is 1. The van der Waals surface area contributed by atoms with Gasteiger partial charge in [-0.05, 0) is 55.5 Å². The van der Waals surface area contributed by atoms with Crippen LogP contribution >= 0.6 is 0 Å². The highest BCUT2D eigenvalue weighted by Crippen LogP contribution is 2.35. The van der Waals surface area contributed by atoms with Gasteiger partial charge in [-0.2, -0.15) is 0 Å². The van der Waals surface area contributed by atoms with Crippen LogP contribution in [-0.4, -0.2) is 38.6 Å². The van der Waals surface area contributed by atoms with Crippen LogP contribution in [0.1, 0.15) is 6.92 Å². The highest BCUT2D eigenvalue weighted by atomic mass is 16.5. The number of hydrogen-bond acceptors (Lipinski definition) is 6. The molecular weight excluding hydrogens is 422 g/mol. The fourth-order valence-electron chi connectivity index (χ4n) is 3.59. The minimum atomic E-state index is -0.591. The van der Waals surface area contributed by atoms with Crippen LogP contribution in [0.15, 0.2) is 66.7 Å². The number of fused-ring (bicyclic) bond motifs is 1. The van der Waals surface area contributed by atoms with E-state index in [9.17, 15) is 9.59 Å². The van der Waals surface area contributed by atoms with Crippen LogP contribution in [-0.2, 0) is 9.59 Å². The molecule has 0 saturated heterocycles. The van der Waals surface area contributed by atoms with E-state index in [2.05, 4.69) is 10.6 Å². The Morgan fingerprint density at radius 3 is 2.42 bits per heavy atom. The molecule has 0 spiro atoms. The summed E-state index contributed by atoms with van der Waals surface area (Å²) in [6, 6.07) is 19.2. The van der Waals surface area contributed by atoms with Gasteiger partial charge in [0.15, 0.2) is 11.5 Å². The molecule has 2 amide bonds. The van der Waals surface area contributed by atoms with Crippen LogP contribution < -0.4 is 29.7 Å². The number of ether oxygens (including phenoxy) is 3. The molecule has 0 fully saturated rings. The SMILES string of the molecule is COc1ccc(Oc2cc(N[C@@H](C)C(=O)N3CC(=O)Nc4ccccc43)ccc2OC)cc1. The van der Waals surface area contributed by atoms with Crippen molar-refractivity contribution in [1.82, 2.24) is 0 Å². The van der Waals surface area contributed by atoms with Gasteiger partial charge < -0.3 is 24.8 Å². The van der Waals surface area contributed by atoms with Gasteiger partial charge in [0.05, 0.1) is 25.6 Å². The predicted octanol–water partition coefficient (Wildman–Crippen LogP) is 4.28. The zero-order chi connectivity index (χ0) is 23.4. The maximum Gasteiger partial charge on any atom is 0.249 e. The molecule has 1 heterocycles. The zero-order valence-corrected chi connectivity index (χ0v) is 18.6. The summed E-state index contributed by atoms with van der Waals surface area (Å²) in [5.74, 6) is 1.95. The first-order chi connectivity index (χ1) is 16.0. The molecule has 4 rings (SSSR count). The summed E-state index contributed by atoms with van der Waals surface area (Å²) in [5.41, 5.74) is 1.97. The number of nitrogens with one attached hydrogen (secondary N) is 2. The minimum absolute atomic E-state index is 0.0314. The molecule has 0 aliphatic carbocycles. The Kier molecular flexibility index (Phi) is 6.35. The third-order valence-corrected chi connectivity index (χ3v) is 5.24. The van der Waals surface area contributed by atoms with E-state index in [1.807, 2.05) is 18.2 Å². The molecule has 0 radical (unpaired) electrons. The molecule has 8 heteroatoms. The third-order valence-electron chi connectivity index (χ3n) is 5.24. The van der Waals surface area contributed by atoms with E-state index in [1.54, 1.807) is 69.7 Å². The monoisotopic (exact) mass is 447 g/mol. The van der Waals surface area contributed by atoms with Crippen molar-refractivity contribution < 1.29 is 23.8 Å². The normalized spacial score (nSPS) is 13.4. The summed E-state index contributed by atoms with van der Waals surface area (Å²) in [4.78, 5) is 26.8. The number of benzene rings is 3. The Labute approximate surface area is 192 Å². The lowest BCUT2D eigenvalue weighted by atomic mass is 10.1. The van der Waals surface area contributed by atoms with Gasteiger partial charge >= 0.3 is 0 Å². The van der Waals surface area contributed by atoms with Gasteiger partial charge in [0.2, 0.25) is 11.8 Å². The van der Waals surface area contributed by atoms with Crippen LogP contribution in [0.25, 0.3) is 0 Å². The number of anilines is 3. The summed E-state index contributed by atoms with van der Waals surface area (Å²) >= 11 is 0. The summed E-state index contributed by atoms with van der Waals surface area (Å²) < 4.78 is 16.6. The topological polar surface area (TPSA) is 89.1 Å². The van der Waals surface area contributed by atoms with E-state index < -0.39 is 6.04 Å². The van der Waals surface area contributed by atoms with Crippen LogP contribution in [0, 0.1) is 0 Å². The van der Waals surface area contributed by atoms with Crippen molar-refractivity contribution in [1.29, 1.82) is 0 Å². The standard InChI is InChI=1S/C25H25N3O5/c1-16(25(30)28-15-24(29)27-20-6-4-5-7-21(20)28)26-17-8-13-22(32-3)23(14-17)33-19-11-9-18(31-2)10-12-19/h4-14,16,26H,15H2,1-3H3,(H,27,29)/t16-/m0/s1. The average molecular weight is 447 g/mol. The van der Waals surface area contributed by atoms with E-state index >= 15 is 0 Å². The first kappa shape index (κ1) is 22.0. The van der Waals surface area contributed by atoms with Crippen molar-refractivity contribution in [3.8, 4) is 23.0 Å². The summed E-state index contributed by atoms with van der Waals surface area (Å²) in [7, 11) is 3.17. The molecule has 8 nitrogen and oxygen atoms in total. The number of carbonyl (C=O) groups excluding carboxylic acids is 2. The molecule has 3 aromatic carbocycles. The van der Waals surface area contributed by atoms with Gasteiger partial charge in [0.1, 0.15) is 24.1 Å². The van der Waals surface area contributed by atoms with Gasteiger partial charge in [0.25, 0.3) is 0 Å². The molecular formula is C25H25N3O5. The molecule has 1 atom stereocenters. The number of amides is 2. The van der Waals surface area contributed by atoms with Gasteiger partial charge in [-0.1, -0.05) is 12.1 Å². The highest BCUT2D eigenvalue weighted by Gasteiger charge is 2.29. The molecule has 0 unspecified atom stereocenters. The maximum atomic E-state index is 13.2. The predicted molar refractivity (Wildman–Crippen MR) is 127 cm³/mol. The Balaban J connectivity index is 1.52. The number of carbonyl (C=O) groups is 2. The Morgan fingerprint density at radius 2 is 1.70 bits per heavy atom. The second-order valence-corrected chi connectivity index (χ2v) is 7.50. The maximum absolute atomic E-state index is 13.2. The van der Waals surface area contributed by atoms with E-state index in [0.717, 1.165) is 5.75 Å².